The number of aryl methyl sites for hydroxylation is 2. The zero-order chi connectivity index (χ0) is 48.8. The molecule has 2 aromatic heterocycles. The van der Waals surface area contributed by atoms with Gasteiger partial charge in [0.05, 0.1) is 34.1 Å². The molecule has 6 aromatic rings. The van der Waals surface area contributed by atoms with Crippen molar-refractivity contribution in [1.29, 1.82) is 0 Å². The SMILES string of the molecule is COC(=O)c1cc(Oc2ccc(Cl)cc2Cl)ccc1[N+](=O)[O-].COc1nc(C)nc(NC(=O)NS(=O)(=O)c2ccccc2CCC(F)(F)F)n1.O=C(O)COc1ccc(Cl)c2cccnc12. The summed E-state index contributed by atoms with van der Waals surface area (Å²) in [5.41, 5.74) is -0.0921. The summed E-state index contributed by atoms with van der Waals surface area (Å²) in [6.07, 6.45) is -4.59. The van der Waals surface area contributed by atoms with Crippen molar-refractivity contribution < 1.29 is 64.9 Å². The van der Waals surface area contributed by atoms with Crippen molar-refractivity contribution in [2.75, 3.05) is 26.1 Å². The number of carboxylic acid groups (broad SMARTS) is 1. The van der Waals surface area contributed by atoms with Crippen LogP contribution in [0, 0.1) is 17.0 Å². The van der Waals surface area contributed by atoms with E-state index in [2.05, 4.69) is 30.0 Å². The smallest absolute Gasteiger partial charge is 0.389 e. The predicted octanol–water partition coefficient (Wildman–Crippen LogP) is 9.03. The quantitative estimate of drug-likeness (QED) is 0.0553. The topological polar surface area (TPSA) is 261 Å². The van der Waals surface area contributed by atoms with Crippen molar-refractivity contribution in [3.05, 3.63) is 133 Å². The summed E-state index contributed by atoms with van der Waals surface area (Å²) in [5, 5.41) is 23.6. The van der Waals surface area contributed by atoms with Crippen LogP contribution in [-0.4, -0.2) is 83.4 Å². The van der Waals surface area contributed by atoms with Crippen LogP contribution in [0.5, 0.6) is 23.3 Å². The van der Waals surface area contributed by atoms with E-state index in [4.69, 9.17) is 54.1 Å². The lowest BCUT2D eigenvalue weighted by Gasteiger charge is -2.13. The fourth-order valence-electron chi connectivity index (χ4n) is 5.22. The van der Waals surface area contributed by atoms with Crippen LogP contribution in [0.4, 0.5) is 29.6 Å². The summed E-state index contributed by atoms with van der Waals surface area (Å²) in [6, 6.07) is 19.0. The van der Waals surface area contributed by atoms with E-state index in [1.807, 2.05) is 0 Å². The number of hydrogen-bond acceptors (Lipinski definition) is 15. The van der Waals surface area contributed by atoms with E-state index in [0.29, 0.717) is 27.1 Å². The number of sulfonamides is 1. The number of nitro benzene ring substituents is 1. The number of esters is 1. The number of pyridine rings is 1. The van der Waals surface area contributed by atoms with E-state index < -0.39 is 63.4 Å². The monoisotopic (exact) mass is 997 g/mol. The second-order valence-electron chi connectivity index (χ2n) is 12.7. The Labute approximate surface area is 387 Å². The van der Waals surface area contributed by atoms with E-state index >= 15 is 0 Å². The largest absolute Gasteiger partial charge is 0.480 e. The van der Waals surface area contributed by atoms with Gasteiger partial charge in [0.15, 0.2) is 6.61 Å². The molecule has 0 spiro atoms. The van der Waals surface area contributed by atoms with Gasteiger partial charge in [0.25, 0.3) is 15.7 Å². The first-order valence-corrected chi connectivity index (χ1v) is 20.8. The number of anilines is 1. The van der Waals surface area contributed by atoms with Crippen molar-refractivity contribution in [1.82, 2.24) is 24.7 Å². The average Bonchev–Trinajstić information content (AvgIpc) is 3.26. The van der Waals surface area contributed by atoms with Gasteiger partial charge in [-0.3, -0.25) is 20.4 Å². The van der Waals surface area contributed by atoms with Crippen LogP contribution < -0.4 is 24.2 Å². The molecule has 19 nitrogen and oxygen atoms in total. The molecular weight excluding hydrogens is 966 g/mol. The van der Waals surface area contributed by atoms with Gasteiger partial charge in [0, 0.05) is 35.2 Å². The summed E-state index contributed by atoms with van der Waals surface area (Å²) in [7, 11) is -2.01. The third kappa shape index (κ3) is 15.3. The molecule has 0 atom stereocenters. The summed E-state index contributed by atoms with van der Waals surface area (Å²) in [4.78, 5) is 59.3. The molecule has 2 amide bonds. The molecule has 66 heavy (non-hydrogen) atoms. The third-order valence-corrected chi connectivity index (χ3v) is 10.3. The van der Waals surface area contributed by atoms with Gasteiger partial charge in [-0.05, 0) is 73.5 Å². The maximum Gasteiger partial charge on any atom is 0.389 e. The highest BCUT2D eigenvalue weighted by Crippen LogP contribution is 2.34. The van der Waals surface area contributed by atoms with Crippen LogP contribution in [-0.2, 0) is 26.0 Å². The molecular formula is C40H33Cl3F3N7O12S. The molecule has 348 valence electrons. The summed E-state index contributed by atoms with van der Waals surface area (Å²) < 4.78 is 83.9. The van der Waals surface area contributed by atoms with Crippen LogP contribution in [0.3, 0.4) is 0 Å². The number of carbonyl (C=O) groups is 3. The number of ether oxygens (including phenoxy) is 4. The Hall–Kier alpha value is -7.08. The van der Waals surface area contributed by atoms with E-state index in [1.54, 1.807) is 47.3 Å². The second-order valence-corrected chi connectivity index (χ2v) is 15.6. The molecule has 0 aliphatic heterocycles. The van der Waals surface area contributed by atoms with Crippen LogP contribution in [0.15, 0.2) is 96.0 Å². The van der Waals surface area contributed by atoms with Crippen molar-refractivity contribution >= 4 is 85.3 Å². The molecule has 0 aliphatic carbocycles. The average molecular weight is 999 g/mol. The highest BCUT2D eigenvalue weighted by Gasteiger charge is 2.29. The lowest BCUT2D eigenvalue weighted by Crippen LogP contribution is -2.35. The molecule has 26 heteroatoms. The number of halogens is 6. The standard InChI is InChI=1S/C15H16F3N5O4S.C14H9Cl2NO5.C11H8ClNO3/c1-9-19-12(22-14(20-9)27-2)21-13(24)23-28(25,26)11-6-4-3-5-10(11)7-8-15(16,17)18;1-21-14(18)10-7-9(3-4-12(10)17(19)20)22-13-5-2-8(15)6-11(13)16;12-8-3-4-9(16-6-10(14)15)11-7(8)2-1-5-13-11/h3-6H,7-8H2,1-2H3,(H2,19,20,21,22,23,24);2-7H,1H3;1-5H,6H2,(H,14,15). The third-order valence-electron chi connectivity index (χ3n) is 8.02. The number of nitrogens with zero attached hydrogens (tertiary/aromatic N) is 5. The maximum atomic E-state index is 12.5. The number of hydrogen-bond donors (Lipinski definition) is 3. The van der Waals surface area contributed by atoms with E-state index in [1.165, 1.54) is 50.4 Å². The number of rotatable bonds is 13. The molecule has 3 N–H and O–H groups in total. The number of alkyl halides is 3. The molecule has 0 unspecified atom stereocenters. The number of aromatic nitrogens is 4. The van der Waals surface area contributed by atoms with Crippen LogP contribution in [0.1, 0.15) is 28.2 Å². The van der Waals surface area contributed by atoms with Gasteiger partial charge in [0.2, 0.25) is 5.95 Å². The lowest BCUT2D eigenvalue weighted by atomic mass is 10.1. The summed E-state index contributed by atoms with van der Waals surface area (Å²) >= 11 is 17.7. The van der Waals surface area contributed by atoms with Gasteiger partial charge < -0.3 is 24.1 Å². The number of nitro groups is 1. The minimum Gasteiger partial charge on any atom is -0.480 e. The number of aliphatic carboxylic acids is 1. The molecule has 4 aromatic carbocycles. The summed E-state index contributed by atoms with van der Waals surface area (Å²) in [5.74, 6) is -0.989. The van der Waals surface area contributed by atoms with E-state index in [0.717, 1.165) is 24.6 Å². The zero-order valence-electron chi connectivity index (χ0n) is 34.1. The molecule has 0 fully saturated rings. The minimum atomic E-state index is -4.45. The number of methoxy groups -OCH3 is 2. The Morgan fingerprint density at radius 3 is 2.26 bits per heavy atom. The summed E-state index contributed by atoms with van der Waals surface area (Å²) in [6.45, 7) is 1.11. The normalized spacial score (nSPS) is 10.9. The fourth-order valence-corrected chi connectivity index (χ4v) is 7.06. The Morgan fingerprint density at radius 2 is 1.61 bits per heavy atom. The zero-order valence-corrected chi connectivity index (χ0v) is 37.2. The first-order valence-electron chi connectivity index (χ1n) is 18.2. The highest BCUT2D eigenvalue weighted by atomic mass is 35.5. The van der Waals surface area contributed by atoms with Gasteiger partial charge in [-0.15, -0.1) is 0 Å². The molecule has 0 aliphatic rings. The number of carboxylic acids is 1. The fraction of sp³-hybridized carbons (Fsp3) is 0.175. The number of carbonyl (C=O) groups excluding carboxylic acids is 2. The number of amides is 2. The Kier molecular flexibility index (Phi) is 18.1. The van der Waals surface area contributed by atoms with Gasteiger partial charge in [0.1, 0.15) is 34.2 Å². The van der Waals surface area contributed by atoms with E-state index in [-0.39, 0.29) is 45.4 Å². The Morgan fingerprint density at radius 1 is 0.894 bits per heavy atom. The number of nitrogens with one attached hydrogen (secondary N) is 2. The van der Waals surface area contributed by atoms with Gasteiger partial charge >= 0.3 is 30.2 Å². The molecule has 0 radical (unpaired) electrons. The molecule has 0 saturated carbocycles. The van der Waals surface area contributed by atoms with E-state index in [9.17, 15) is 46.1 Å². The Bertz CT molecular complexity index is 2860. The van der Waals surface area contributed by atoms with Crippen LogP contribution in [0.2, 0.25) is 15.1 Å². The Balaban J connectivity index is 0.000000224. The van der Waals surface area contributed by atoms with Gasteiger partial charge in [-0.1, -0.05) is 53.0 Å². The lowest BCUT2D eigenvalue weighted by molar-refractivity contribution is -0.385. The number of fused-ring (bicyclic) bond motifs is 1. The molecule has 0 saturated heterocycles. The second kappa shape index (κ2) is 23.2. The van der Waals surface area contributed by atoms with Crippen molar-refractivity contribution in [2.45, 2.75) is 30.8 Å². The van der Waals surface area contributed by atoms with Gasteiger partial charge in [-0.2, -0.15) is 28.1 Å². The van der Waals surface area contributed by atoms with Gasteiger partial charge in [-0.25, -0.2) is 27.5 Å². The predicted molar refractivity (Wildman–Crippen MR) is 232 cm³/mol. The van der Waals surface area contributed by atoms with Crippen molar-refractivity contribution in [2.24, 2.45) is 0 Å². The number of benzene rings is 4. The van der Waals surface area contributed by atoms with Crippen molar-refractivity contribution in [3.8, 4) is 23.3 Å². The first-order chi connectivity index (χ1) is 31.1. The highest BCUT2D eigenvalue weighted by molar-refractivity contribution is 7.90. The first kappa shape index (κ1) is 51.6. The molecule has 2 heterocycles. The number of urea groups is 1. The molecule has 0 bridgehead atoms. The molecule has 6 rings (SSSR count). The minimum absolute atomic E-state index is 0.0715. The van der Waals surface area contributed by atoms with Crippen LogP contribution in [0.25, 0.3) is 10.9 Å². The van der Waals surface area contributed by atoms with Crippen LogP contribution >= 0.6 is 34.8 Å². The van der Waals surface area contributed by atoms with Crippen molar-refractivity contribution in [3.63, 3.8) is 0 Å². The maximum absolute atomic E-state index is 12.5.